The Morgan fingerprint density at radius 3 is 2.48 bits per heavy atom. The molecule has 3 aromatic carbocycles. The highest BCUT2D eigenvalue weighted by Gasteiger charge is 2.30. The van der Waals surface area contributed by atoms with Crippen molar-refractivity contribution in [3.63, 3.8) is 0 Å². The van der Waals surface area contributed by atoms with Gasteiger partial charge in [0.2, 0.25) is 0 Å². The number of rotatable bonds is 9. The fraction of sp³-hybridized carbons (Fsp3) is 0.200. The van der Waals surface area contributed by atoms with Crippen LogP contribution in [0, 0.1) is 0 Å². The van der Waals surface area contributed by atoms with Gasteiger partial charge in [-0.25, -0.2) is 4.98 Å². The molecule has 0 spiro atoms. The first-order valence-corrected chi connectivity index (χ1v) is 13.3. The Balaban J connectivity index is 1.66. The van der Waals surface area contributed by atoms with E-state index in [1.165, 1.54) is 27.9 Å². The third-order valence-electron chi connectivity index (χ3n) is 6.22. The van der Waals surface area contributed by atoms with Gasteiger partial charge in [0.25, 0.3) is 5.56 Å². The van der Waals surface area contributed by atoms with E-state index in [2.05, 4.69) is 0 Å². The van der Waals surface area contributed by atoms with Gasteiger partial charge in [0.1, 0.15) is 6.61 Å². The fourth-order valence-electron chi connectivity index (χ4n) is 4.34. The second kappa shape index (κ2) is 11.5. The smallest absolute Gasteiger partial charge is 0.416 e. The number of benzene rings is 3. The zero-order valence-electron chi connectivity index (χ0n) is 21.7. The van der Waals surface area contributed by atoms with E-state index in [0.717, 1.165) is 16.8 Å². The van der Waals surface area contributed by atoms with Crippen LogP contribution in [0.3, 0.4) is 0 Å². The highest BCUT2D eigenvalue weighted by Crippen LogP contribution is 2.35. The first-order chi connectivity index (χ1) is 19.3. The van der Waals surface area contributed by atoms with E-state index in [1.807, 2.05) is 43.3 Å². The summed E-state index contributed by atoms with van der Waals surface area (Å²) in [5, 5.41) is 0. The molecule has 0 aliphatic rings. The molecule has 206 valence electrons. The predicted octanol–water partition coefficient (Wildman–Crippen LogP) is 7.19. The second-order valence-corrected chi connectivity index (χ2v) is 9.71. The molecule has 0 radical (unpaired) electrons. The average molecular weight is 567 g/mol. The van der Waals surface area contributed by atoms with Gasteiger partial charge in [-0.05, 0) is 55.0 Å². The van der Waals surface area contributed by atoms with Crippen molar-refractivity contribution < 1.29 is 27.4 Å². The molecule has 0 amide bonds. The summed E-state index contributed by atoms with van der Waals surface area (Å²) in [6, 6.07) is 17.3. The lowest BCUT2D eigenvalue weighted by atomic mass is 10.0. The summed E-state index contributed by atoms with van der Waals surface area (Å²) in [4.78, 5) is 19.2. The van der Waals surface area contributed by atoms with Crippen molar-refractivity contribution in [2.24, 2.45) is 0 Å². The number of methoxy groups -OCH3 is 1. The Morgan fingerprint density at radius 2 is 1.75 bits per heavy atom. The molecule has 6 nitrogen and oxygen atoms in total. The minimum atomic E-state index is -4.49. The zero-order chi connectivity index (χ0) is 28.3. The van der Waals surface area contributed by atoms with E-state index in [0.29, 0.717) is 58.6 Å². The molecule has 0 fully saturated rings. The van der Waals surface area contributed by atoms with E-state index in [9.17, 15) is 18.0 Å². The first-order valence-electron chi connectivity index (χ1n) is 12.5. The molecule has 5 rings (SSSR count). The van der Waals surface area contributed by atoms with Gasteiger partial charge < -0.3 is 14.2 Å². The summed E-state index contributed by atoms with van der Waals surface area (Å²) >= 11 is 1.36. The van der Waals surface area contributed by atoms with Crippen molar-refractivity contribution in [1.29, 1.82) is 0 Å². The van der Waals surface area contributed by atoms with E-state index in [1.54, 1.807) is 25.3 Å². The Labute approximate surface area is 231 Å². The molecular formula is C30H25F3N2O4S. The molecule has 2 heterocycles. The third-order valence-corrected chi connectivity index (χ3v) is 7.24. The van der Waals surface area contributed by atoms with Crippen LogP contribution in [0.2, 0.25) is 0 Å². The van der Waals surface area contributed by atoms with Crippen LogP contribution in [0.15, 0.2) is 71.5 Å². The normalized spacial score (nSPS) is 12.0. The number of para-hydroxylation sites is 2. The van der Waals surface area contributed by atoms with Gasteiger partial charge in [0, 0.05) is 12.2 Å². The van der Waals surface area contributed by atoms with Gasteiger partial charge in [-0.15, -0.1) is 0 Å². The molecule has 40 heavy (non-hydrogen) atoms. The summed E-state index contributed by atoms with van der Waals surface area (Å²) < 4.78 is 58.9. The van der Waals surface area contributed by atoms with Crippen LogP contribution < -0.4 is 15.0 Å². The van der Waals surface area contributed by atoms with Gasteiger partial charge in [0.15, 0.2) is 16.5 Å². The summed E-state index contributed by atoms with van der Waals surface area (Å²) in [5.74, 6) is 1.02. The number of nitrogens with zero attached hydrogens (tertiary/aromatic N) is 2. The van der Waals surface area contributed by atoms with E-state index >= 15 is 0 Å². The zero-order valence-corrected chi connectivity index (χ0v) is 22.5. The SMILES string of the molecule is CCOCCOc1c(/C=C/c2nc3sc4ccccc4n3c(=O)c2-c2ccc(C(F)(F)F)cc2)cccc1OC. The monoisotopic (exact) mass is 566 g/mol. The minimum Gasteiger partial charge on any atom is -0.493 e. The first kappa shape index (κ1) is 27.4. The average Bonchev–Trinajstić information content (AvgIpc) is 3.33. The van der Waals surface area contributed by atoms with Crippen molar-refractivity contribution in [2.45, 2.75) is 13.1 Å². The summed E-state index contributed by atoms with van der Waals surface area (Å²) in [5.41, 5.74) is 1.02. The maximum atomic E-state index is 13.9. The molecule has 0 saturated heterocycles. The summed E-state index contributed by atoms with van der Waals surface area (Å²) in [7, 11) is 1.54. The Hall–Kier alpha value is -4.15. The van der Waals surface area contributed by atoms with Crippen LogP contribution >= 0.6 is 11.3 Å². The highest BCUT2D eigenvalue weighted by atomic mass is 32.1. The van der Waals surface area contributed by atoms with Crippen LogP contribution in [0.4, 0.5) is 13.2 Å². The number of alkyl halides is 3. The second-order valence-electron chi connectivity index (χ2n) is 8.70. The van der Waals surface area contributed by atoms with Gasteiger partial charge >= 0.3 is 6.18 Å². The molecule has 0 atom stereocenters. The summed E-state index contributed by atoms with van der Waals surface area (Å²) in [6.07, 6.45) is -1.08. The van der Waals surface area contributed by atoms with Crippen LogP contribution in [0.1, 0.15) is 23.7 Å². The van der Waals surface area contributed by atoms with Gasteiger partial charge in [0.05, 0.1) is 40.8 Å². The standard InChI is InChI=1S/C30H25F3N2O4S/c1-3-38-17-18-39-27-20(7-6-9-24(27)37-2)13-16-22-26(19-11-14-21(15-12-19)30(31,32)33)28(36)35-23-8-4-5-10-25(23)40-29(35)34-22/h4-16H,3,17-18H2,1-2H3/b16-13+. The number of hydrogen-bond acceptors (Lipinski definition) is 6. The molecule has 0 saturated carbocycles. The molecular weight excluding hydrogens is 541 g/mol. The van der Waals surface area contributed by atoms with E-state index in [-0.39, 0.29) is 11.1 Å². The van der Waals surface area contributed by atoms with Crippen LogP contribution in [-0.2, 0) is 10.9 Å². The lowest BCUT2D eigenvalue weighted by Crippen LogP contribution is -2.17. The van der Waals surface area contributed by atoms with Crippen molar-refractivity contribution in [2.75, 3.05) is 26.9 Å². The largest absolute Gasteiger partial charge is 0.493 e. The predicted molar refractivity (Wildman–Crippen MR) is 151 cm³/mol. The van der Waals surface area contributed by atoms with Crippen molar-refractivity contribution in [1.82, 2.24) is 9.38 Å². The van der Waals surface area contributed by atoms with E-state index < -0.39 is 11.7 Å². The van der Waals surface area contributed by atoms with Crippen molar-refractivity contribution in [3.8, 4) is 22.6 Å². The molecule has 0 aliphatic carbocycles. The topological polar surface area (TPSA) is 62.1 Å². The molecule has 10 heteroatoms. The maximum Gasteiger partial charge on any atom is 0.416 e. The van der Waals surface area contributed by atoms with Crippen LogP contribution in [-0.4, -0.2) is 36.3 Å². The lowest BCUT2D eigenvalue weighted by molar-refractivity contribution is -0.137. The van der Waals surface area contributed by atoms with Gasteiger partial charge in [-0.1, -0.05) is 47.7 Å². The molecule has 2 aromatic heterocycles. The third kappa shape index (κ3) is 5.45. The molecule has 0 bridgehead atoms. The number of hydrogen-bond donors (Lipinski definition) is 0. The van der Waals surface area contributed by atoms with Crippen molar-refractivity contribution in [3.05, 3.63) is 93.9 Å². The summed E-state index contributed by atoms with van der Waals surface area (Å²) in [6.45, 7) is 3.17. The van der Waals surface area contributed by atoms with E-state index in [4.69, 9.17) is 19.2 Å². The van der Waals surface area contributed by atoms with Crippen molar-refractivity contribution >= 4 is 38.7 Å². The van der Waals surface area contributed by atoms with Gasteiger partial charge in [-0.3, -0.25) is 9.20 Å². The Bertz CT molecular complexity index is 1740. The van der Waals surface area contributed by atoms with Crippen LogP contribution in [0.25, 0.3) is 38.5 Å². The highest BCUT2D eigenvalue weighted by molar-refractivity contribution is 7.23. The van der Waals surface area contributed by atoms with Crippen LogP contribution in [0.5, 0.6) is 11.5 Å². The number of thiazole rings is 1. The minimum absolute atomic E-state index is 0.188. The Kier molecular flexibility index (Phi) is 7.90. The number of halogens is 3. The number of fused-ring (bicyclic) bond motifs is 3. The molecule has 0 aliphatic heterocycles. The molecule has 0 N–H and O–H groups in total. The maximum absolute atomic E-state index is 13.9. The fourth-order valence-corrected chi connectivity index (χ4v) is 5.36. The Morgan fingerprint density at radius 1 is 0.975 bits per heavy atom. The van der Waals surface area contributed by atoms with Gasteiger partial charge in [-0.2, -0.15) is 13.2 Å². The number of aromatic nitrogens is 2. The molecule has 5 aromatic rings. The molecule has 0 unspecified atom stereocenters. The quantitative estimate of drug-likeness (QED) is 0.177. The lowest BCUT2D eigenvalue weighted by Gasteiger charge is -2.13. The number of ether oxygens (including phenoxy) is 3.